The second-order valence-corrected chi connectivity index (χ2v) is 9.08. The first-order chi connectivity index (χ1) is 14.0. The minimum atomic E-state index is -3.66. The van der Waals surface area contributed by atoms with E-state index in [1.165, 1.54) is 28.6 Å². The molecule has 8 heteroatoms. The molecular formula is C21H23FN4O2S. The lowest BCUT2D eigenvalue weighted by molar-refractivity contribution is 0.312. The van der Waals surface area contributed by atoms with E-state index < -0.39 is 15.8 Å². The van der Waals surface area contributed by atoms with Crippen molar-refractivity contribution < 1.29 is 12.8 Å². The van der Waals surface area contributed by atoms with Gasteiger partial charge >= 0.3 is 0 Å². The zero-order chi connectivity index (χ0) is 20.4. The van der Waals surface area contributed by atoms with Crippen molar-refractivity contribution in [1.82, 2.24) is 18.8 Å². The van der Waals surface area contributed by atoms with Gasteiger partial charge in [-0.15, -0.1) is 0 Å². The molecule has 1 aromatic carbocycles. The summed E-state index contributed by atoms with van der Waals surface area (Å²) in [5.74, 6) is 1.27. The monoisotopic (exact) mass is 414 g/mol. The van der Waals surface area contributed by atoms with Crippen molar-refractivity contribution in [2.24, 2.45) is 0 Å². The van der Waals surface area contributed by atoms with E-state index >= 15 is 0 Å². The van der Waals surface area contributed by atoms with Crippen LogP contribution in [0.1, 0.15) is 37.2 Å². The largest absolute Gasteiger partial charge is 0.288 e. The molecule has 0 aliphatic carbocycles. The van der Waals surface area contributed by atoms with Crippen LogP contribution in [0.3, 0.4) is 0 Å². The number of aromatic nitrogens is 3. The van der Waals surface area contributed by atoms with E-state index in [2.05, 4.69) is 4.98 Å². The van der Waals surface area contributed by atoms with Gasteiger partial charge in [-0.25, -0.2) is 22.8 Å². The molecule has 3 heterocycles. The smallest absolute Gasteiger partial charge is 0.243 e. The van der Waals surface area contributed by atoms with Gasteiger partial charge in [0.05, 0.1) is 4.90 Å². The Kier molecular flexibility index (Phi) is 5.47. The molecule has 0 N–H and O–H groups in total. The van der Waals surface area contributed by atoms with Gasteiger partial charge in [0, 0.05) is 43.5 Å². The van der Waals surface area contributed by atoms with Crippen LogP contribution < -0.4 is 0 Å². The van der Waals surface area contributed by atoms with Crippen LogP contribution in [0.15, 0.2) is 59.8 Å². The Balaban J connectivity index is 1.59. The molecule has 29 heavy (non-hydrogen) atoms. The normalized spacial score (nSPS) is 18.1. The lowest BCUT2D eigenvalue weighted by Gasteiger charge is -2.31. The Morgan fingerprint density at radius 2 is 1.97 bits per heavy atom. The van der Waals surface area contributed by atoms with Crippen LogP contribution in [-0.2, 0) is 16.4 Å². The van der Waals surface area contributed by atoms with E-state index in [0.717, 1.165) is 36.6 Å². The fourth-order valence-corrected chi connectivity index (χ4v) is 5.29. The SMILES string of the molecule is CCc1nccn1-c1cccc(C2CCCN(S(=O)(=O)c3ccc(F)cc3)C2)n1. The molecule has 0 amide bonds. The van der Waals surface area contributed by atoms with Crippen molar-refractivity contribution in [3.05, 3.63) is 72.2 Å². The molecule has 0 spiro atoms. The van der Waals surface area contributed by atoms with Crippen LogP contribution >= 0.6 is 0 Å². The van der Waals surface area contributed by atoms with E-state index in [-0.39, 0.29) is 10.8 Å². The topological polar surface area (TPSA) is 68.1 Å². The molecule has 1 aliphatic rings. The lowest BCUT2D eigenvalue weighted by Crippen LogP contribution is -2.39. The van der Waals surface area contributed by atoms with Crippen LogP contribution in [-0.4, -0.2) is 40.3 Å². The summed E-state index contributed by atoms with van der Waals surface area (Å²) < 4.78 is 42.6. The highest BCUT2D eigenvalue weighted by Crippen LogP contribution is 2.30. The fraction of sp³-hybridized carbons (Fsp3) is 0.333. The minimum absolute atomic E-state index is 0.00696. The molecule has 152 valence electrons. The molecule has 0 saturated carbocycles. The number of hydrogen-bond donors (Lipinski definition) is 0. The highest BCUT2D eigenvalue weighted by atomic mass is 32.2. The number of sulfonamides is 1. The minimum Gasteiger partial charge on any atom is -0.288 e. The Labute approximate surface area is 170 Å². The molecule has 6 nitrogen and oxygen atoms in total. The van der Waals surface area contributed by atoms with Gasteiger partial charge in [-0.3, -0.25) is 4.57 Å². The second kappa shape index (κ2) is 8.04. The Hall–Kier alpha value is -2.58. The molecule has 0 bridgehead atoms. The molecule has 0 radical (unpaired) electrons. The first kappa shape index (κ1) is 19.7. The third-order valence-corrected chi connectivity index (χ3v) is 7.17. The van der Waals surface area contributed by atoms with Gasteiger partial charge < -0.3 is 0 Å². The first-order valence-electron chi connectivity index (χ1n) is 9.74. The first-order valence-corrected chi connectivity index (χ1v) is 11.2. The maximum absolute atomic E-state index is 13.2. The number of benzene rings is 1. The van der Waals surface area contributed by atoms with Crippen LogP contribution in [0.4, 0.5) is 4.39 Å². The molecule has 1 atom stereocenters. The van der Waals surface area contributed by atoms with Crippen molar-refractivity contribution in [2.45, 2.75) is 37.0 Å². The molecule has 4 rings (SSSR count). The predicted octanol–water partition coefficient (Wildman–Crippen LogP) is 3.54. The number of pyridine rings is 1. The van der Waals surface area contributed by atoms with E-state index in [1.54, 1.807) is 6.20 Å². The summed E-state index contributed by atoms with van der Waals surface area (Å²) in [5, 5.41) is 0. The van der Waals surface area contributed by atoms with Gasteiger partial charge in [-0.1, -0.05) is 13.0 Å². The highest BCUT2D eigenvalue weighted by Gasteiger charge is 2.31. The summed E-state index contributed by atoms with van der Waals surface area (Å²) in [6.07, 6.45) is 6.06. The Morgan fingerprint density at radius 1 is 1.17 bits per heavy atom. The second-order valence-electron chi connectivity index (χ2n) is 7.14. The van der Waals surface area contributed by atoms with Gasteiger partial charge in [0.1, 0.15) is 17.5 Å². The van der Waals surface area contributed by atoms with E-state index in [1.807, 2.05) is 35.9 Å². The van der Waals surface area contributed by atoms with Crippen molar-refractivity contribution in [2.75, 3.05) is 13.1 Å². The molecular weight excluding hydrogens is 391 g/mol. The summed E-state index contributed by atoms with van der Waals surface area (Å²) in [7, 11) is -3.66. The number of halogens is 1. The highest BCUT2D eigenvalue weighted by molar-refractivity contribution is 7.89. The van der Waals surface area contributed by atoms with Crippen LogP contribution in [0, 0.1) is 5.82 Å². The molecule has 1 unspecified atom stereocenters. The molecule has 2 aromatic heterocycles. The Bertz CT molecular complexity index is 1100. The fourth-order valence-electron chi connectivity index (χ4n) is 3.76. The number of aryl methyl sites for hydroxylation is 1. The number of nitrogens with zero attached hydrogens (tertiary/aromatic N) is 4. The average molecular weight is 415 g/mol. The third kappa shape index (κ3) is 3.95. The number of rotatable bonds is 5. The van der Waals surface area contributed by atoms with Crippen molar-refractivity contribution in [3.8, 4) is 5.82 Å². The van der Waals surface area contributed by atoms with Gasteiger partial charge in [0.25, 0.3) is 0 Å². The number of imidazole rings is 1. The van der Waals surface area contributed by atoms with Crippen molar-refractivity contribution in [1.29, 1.82) is 0 Å². The van der Waals surface area contributed by atoms with Gasteiger partial charge in [0.2, 0.25) is 10.0 Å². The predicted molar refractivity (Wildman–Crippen MR) is 108 cm³/mol. The van der Waals surface area contributed by atoms with Crippen LogP contribution in [0.2, 0.25) is 0 Å². The summed E-state index contributed by atoms with van der Waals surface area (Å²) in [5.41, 5.74) is 0.872. The van der Waals surface area contributed by atoms with Gasteiger partial charge in [-0.05, 0) is 49.2 Å². The maximum atomic E-state index is 13.2. The summed E-state index contributed by atoms with van der Waals surface area (Å²) in [4.78, 5) is 9.26. The molecule has 1 aliphatic heterocycles. The molecule has 1 fully saturated rings. The lowest BCUT2D eigenvalue weighted by atomic mass is 9.95. The molecule has 3 aromatic rings. The molecule has 1 saturated heterocycles. The van der Waals surface area contributed by atoms with E-state index in [9.17, 15) is 12.8 Å². The summed E-state index contributed by atoms with van der Waals surface area (Å²) in [6.45, 7) is 2.86. The maximum Gasteiger partial charge on any atom is 0.243 e. The summed E-state index contributed by atoms with van der Waals surface area (Å²) in [6, 6.07) is 10.8. The van der Waals surface area contributed by atoms with Crippen molar-refractivity contribution in [3.63, 3.8) is 0 Å². The van der Waals surface area contributed by atoms with Crippen LogP contribution in [0.5, 0.6) is 0 Å². The number of hydrogen-bond acceptors (Lipinski definition) is 4. The van der Waals surface area contributed by atoms with Gasteiger partial charge in [0.15, 0.2) is 0 Å². The van der Waals surface area contributed by atoms with Crippen LogP contribution in [0.25, 0.3) is 5.82 Å². The summed E-state index contributed by atoms with van der Waals surface area (Å²) >= 11 is 0. The zero-order valence-electron chi connectivity index (χ0n) is 16.2. The van der Waals surface area contributed by atoms with E-state index in [4.69, 9.17) is 4.98 Å². The standard InChI is InChI=1S/C21H23FN4O2S/c1-2-20-23-12-14-26(20)21-7-3-6-19(24-21)16-5-4-13-25(15-16)29(27,28)18-10-8-17(22)9-11-18/h3,6-12,14,16H,2,4-5,13,15H2,1H3. The number of piperidine rings is 1. The van der Waals surface area contributed by atoms with E-state index in [0.29, 0.717) is 13.1 Å². The average Bonchev–Trinajstić information content (AvgIpc) is 3.23. The quantitative estimate of drug-likeness (QED) is 0.640. The Morgan fingerprint density at radius 3 is 2.72 bits per heavy atom. The van der Waals surface area contributed by atoms with Gasteiger partial charge in [-0.2, -0.15) is 4.31 Å². The van der Waals surface area contributed by atoms with Crippen molar-refractivity contribution >= 4 is 10.0 Å². The third-order valence-electron chi connectivity index (χ3n) is 5.29. The zero-order valence-corrected chi connectivity index (χ0v) is 17.0.